The van der Waals surface area contributed by atoms with Gasteiger partial charge in [0.15, 0.2) is 5.75 Å². The lowest BCUT2D eigenvalue weighted by Crippen LogP contribution is -2.13. The standard InChI is InChI=1S/C14H21NO3/c1-3-5-6-11(4-2)10-18-13-9-15-8-7-12(13)14(16)17/h7-9,11H,3-6,10H2,1-2H3,(H,16,17). The molecule has 1 unspecified atom stereocenters. The van der Waals surface area contributed by atoms with Crippen molar-refractivity contribution in [2.45, 2.75) is 39.5 Å². The van der Waals surface area contributed by atoms with Gasteiger partial charge in [0.1, 0.15) is 5.56 Å². The molecule has 0 radical (unpaired) electrons. The Bertz CT molecular complexity index is 379. The number of carbonyl (C=O) groups is 1. The van der Waals surface area contributed by atoms with E-state index in [9.17, 15) is 4.79 Å². The Morgan fingerprint density at radius 2 is 2.28 bits per heavy atom. The van der Waals surface area contributed by atoms with Gasteiger partial charge in [-0.25, -0.2) is 4.79 Å². The molecule has 1 N–H and O–H groups in total. The summed E-state index contributed by atoms with van der Waals surface area (Å²) in [7, 11) is 0. The molecule has 0 saturated heterocycles. The minimum Gasteiger partial charge on any atom is -0.491 e. The molecule has 1 rings (SSSR count). The predicted molar refractivity (Wildman–Crippen MR) is 70.0 cm³/mol. The summed E-state index contributed by atoms with van der Waals surface area (Å²) in [6.07, 6.45) is 7.45. The number of aromatic carboxylic acids is 1. The summed E-state index contributed by atoms with van der Waals surface area (Å²) < 4.78 is 5.61. The highest BCUT2D eigenvalue weighted by molar-refractivity contribution is 5.90. The Morgan fingerprint density at radius 3 is 2.89 bits per heavy atom. The smallest absolute Gasteiger partial charge is 0.339 e. The van der Waals surface area contributed by atoms with Crippen LogP contribution < -0.4 is 4.74 Å². The molecular formula is C14H21NO3. The van der Waals surface area contributed by atoms with E-state index < -0.39 is 5.97 Å². The van der Waals surface area contributed by atoms with Crippen LogP contribution in [0.25, 0.3) is 0 Å². The lowest BCUT2D eigenvalue weighted by Gasteiger charge is -2.16. The maximum Gasteiger partial charge on any atom is 0.339 e. The first-order valence-electron chi connectivity index (χ1n) is 6.49. The van der Waals surface area contributed by atoms with Crippen molar-refractivity contribution < 1.29 is 14.6 Å². The lowest BCUT2D eigenvalue weighted by molar-refractivity contribution is 0.0691. The molecule has 4 heteroatoms. The van der Waals surface area contributed by atoms with E-state index in [0.717, 1.165) is 12.8 Å². The molecule has 0 saturated carbocycles. The van der Waals surface area contributed by atoms with Crippen molar-refractivity contribution in [1.29, 1.82) is 0 Å². The minimum absolute atomic E-state index is 0.176. The van der Waals surface area contributed by atoms with Crippen LogP contribution in [-0.2, 0) is 0 Å². The maximum atomic E-state index is 11.0. The van der Waals surface area contributed by atoms with Crippen molar-refractivity contribution in [2.75, 3.05) is 6.61 Å². The average molecular weight is 251 g/mol. The first-order chi connectivity index (χ1) is 8.69. The number of carboxylic acids is 1. The predicted octanol–water partition coefficient (Wildman–Crippen LogP) is 3.38. The number of rotatable bonds is 8. The van der Waals surface area contributed by atoms with Crippen molar-refractivity contribution in [2.24, 2.45) is 5.92 Å². The first-order valence-corrected chi connectivity index (χ1v) is 6.49. The summed E-state index contributed by atoms with van der Waals surface area (Å²) >= 11 is 0. The lowest BCUT2D eigenvalue weighted by atomic mass is 10.0. The molecule has 0 fully saturated rings. The number of hydrogen-bond acceptors (Lipinski definition) is 3. The number of pyridine rings is 1. The molecule has 18 heavy (non-hydrogen) atoms. The molecule has 1 aromatic heterocycles. The molecule has 0 aliphatic carbocycles. The van der Waals surface area contributed by atoms with Crippen LogP contribution in [0, 0.1) is 5.92 Å². The Hall–Kier alpha value is -1.58. The van der Waals surface area contributed by atoms with Crippen molar-refractivity contribution in [3.63, 3.8) is 0 Å². The topological polar surface area (TPSA) is 59.4 Å². The zero-order valence-corrected chi connectivity index (χ0v) is 11.1. The van der Waals surface area contributed by atoms with Gasteiger partial charge in [0.25, 0.3) is 0 Å². The Balaban J connectivity index is 2.59. The fourth-order valence-electron chi connectivity index (χ4n) is 1.78. The first kappa shape index (κ1) is 14.5. The van der Waals surface area contributed by atoms with Gasteiger partial charge in [-0.1, -0.05) is 33.1 Å². The van der Waals surface area contributed by atoms with Crippen molar-refractivity contribution >= 4 is 5.97 Å². The molecule has 4 nitrogen and oxygen atoms in total. The largest absolute Gasteiger partial charge is 0.491 e. The van der Waals surface area contributed by atoms with Gasteiger partial charge in [-0.15, -0.1) is 0 Å². The number of aromatic nitrogens is 1. The van der Waals surface area contributed by atoms with E-state index in [2.05, 4.69) is 18.8 Å². The van der Waals surface area contributed by atoms with Crippen LogP contribution in [0.1, 0.15) is 49.9 Å². The van der Waals surface area contributed by atoms with Gasteiger partial charge in [0.05, 0.1) is 12.8 Å². The van der Waals surface area contributed by atoms with Crippen molar-refractivity contribution in [3.8, 4) is 5.75 Å². The molecule has 0 aromatic carbocycles. The van der Waals surface area contributed by atoms with E-state index in [1.54, 1.807) is 0 Å². The van der Waals surface area contributed by atoms with E-state index in [-0.39, 0.29) is 5.56 Å². The third-order valence-electron chi connectivity index (χ3n) is 3.03. The number of ether oxygens (including phenoxy) is 1. The third kappa shape index (κ3) is 4.35. The van der Waals surface area contributed by atoms with Gasteiger partial charge in [0, 0.05) is 6.20 Å². The monoisotopic (exact) mass is 251 g/mol. The van der Waals surface area contributed by atoms with E-state index in [4.69, 9.17) is 9.84 Å². The van der Waals surface area contributed by atoms with Crippen LogP contribution in [0.5, 0.6) is 5.75 Å². The second-order valence-corrected chi connectivity index (χ2v) is 4.40. The highest BCUT2D eigenvalue weighted by Crippen LogP contribution is 2.19. The molecule has 1 atom stereocenters. The van der Waals surface area contributed by atoms with E-state index in [1.807, 2.05) is 0 Å². The molecule has 1 heterocycles. The van der Waals surface area contributed by atoms with Crippen LogP contribution in [0.4, 0.5) is 0 Å². The summed E-state index contributed by atoms with van der Waals surface area (Å²) in [6.45, 7) is 4.85. The highest BCUT2D eigenvalue weighted by Gasteiger charge is 2.13. The second-order valence-electron chi connectivity index (χ2n) is 4.40. The summed E-state index contributed by atoms with van der Waals surface area (Å²) in [4.78, 5) is 14.9. The molecule has 100 valence electrons. The van der Waals surface area contributed by atoms with Crippen molar-refractivity contribution in [3.05, 3.63) is 24.0 Å². The van der Waals surface area contributed by atoms with Crippen LogP contribution in [0.15, 0.2) is 18.5 Å². The summed E-state index contributed by atoms with van der Waals surface area (Å²) in [5, 5.41) is 9.02. The van der Waals surface area contributed by atoms with Gasteiger partial charge >= 0.3 is 5.97 Å². The molecule has 0 bridgehead atoms. The Labute approximate surface area is 108 Å². The van der Waals surface area contributed by atoms with E-state index in [0.29, 0.717) is 18.3 Å². The molecule has 0 aliphatic rings. The number of unbranched alkanes of at least 4 members (excludes halogenated alkanes) is 1. The number of carboxylic acid groups (broad SMARTS) is 1. The van der Waals surface area contributed by atoms with Crippen LogP contribution in [-0.4, -0.2) is 22.7 Å². The maximum absolute atomic E-state index is 11.0. The molecule has 0 aliphatic heterocycles. The van der Waals surface area contributed by atoms with E-state index >= 15 is 0 Å². The van der Waals surface area contributed by atoms with Gasteiger partial charge < -0.3 is 9.84 Å². The van der Waals surface area contributed by atoms with Crippen LogP contribution >= 0.6 is 0 Å². The highest BCUT2D eigenvalue weighted by atomic mass is 16.5. The third-order valence-corrected chi connectivity index (χ3v) is 3.03. The Morgan fingerprint density at radius 1 is 1.50 bits per heavy atom. The zero-order valence-electron chi connectivity index (χ0n) is 11.1. The van der Waals surface area contributed by atoms with Gasteiger partial charge in [0.2, 0.25) is 0 Å². The summed E-state index contributed by atoms with van der Waals surface area (Å²) in [6, 6.07) is 1.46. The van der Waals surface area contributed by atoms with Crippen molar-refractivity contribution in [1.82, 2.24) is 4.98 Å². The minimum atomic E-state index is -0.978. The molecule has 0 amide bonds. The molecule has 1 aromatic rings. The molecular weight excluding hydrogens is 230 g/mol. The SMILES string of the molecule is CCCCC(CC)COc1cnccc1C(=O)O. The second kappa shape index (κ2) is 7.69. The average Bonchev–Trinajstić information content (AvgIpc) is 2.39. The summed E-state index contributed by atoms with van der Waals surface area (Å²) in [5.74, 6) is -0.138. The fraction of sp³-hybridized carbons (Fsp3) is 0.571. The van der Waals surface area contributed by atoms with Gasteiger partial charge in [-0.2, -0.15) is 0 Å². The molecule has 0 spiro atoms. The van der Waals surface area contributed by atoms with Crippen LogP contribution in [0.2, 0.25) is 0 Å². The van der Waals surface area contributed by atoms with E-state index in [1.165, 1.54) is 31.3 Å². The quantitative estimate of drug-likeness (QED) is 0.769. The van der Waals surface area contributed by atoms with Crippen LogP contribution in [0.3, 0.4) is 0 Å². The number of hydrogen-bond donors (Lipinski definition) is 1. The zero-order chi connectivity index (χ0) is 13.4. The summed E-state index contributed by atoms with van der Waals surface area (Å²) in [5.41, 5.74) is 0.176. The normalized spacial score (nSPS) is 12.1. The van der Waals surface area contributed by atoms with Gasteiger partial charge in [-0.3, -0.25) is 4.98 Å². The van der Waals surface area contributed by atoms with Gasteiger partial charge in [-0.05, 0) is 18.4 Å². The Kier molecular flexibility index (Phi) is 6.19. The fourth-order valence-corrected chi connectivity index (χ4v) is 1.78. The number of nitrogens with zero attached hydrogens (tertiary/aromatic N) is 1.